The first kappa shape index (κ1) is 15.5. The van der Waals surface area contributed by atoms with Gasteiger partial charge in [0, 0.05) is 23.8 Å². The molecule has 118 valence electrons. The summed E-state index contributed by atoms with van der Waals surface area (Å²) in [6.07, 6.45) is 0. The van der Waals surface area contributed by atoms with Gasteiger partial charge in [0.25, 0.3) is 0 Å². The zero-order valence-corrected chi connectivity index (χ0v) is 14.0. The van der Waals surface area contributed by atoms with Gasteiger partial charge < -0.3 is 5.32 Å². The molecule has 0 radical (unpaired) electrons. The van der Waals surface area contributed by atoms with Gasteiger partial charge in [0.1, 0.15) is 0 Å². The number of hydrogen-bond donors (Lipinski definition) is 1. The molecule has 23 heavy (non-hydrogen) atoms. The largest absolute Gasteiger partial charge is 0.306 e. The summed E-state index contributed by atoms with van der Waals surface area (Å²) in [6.45, 7) is 7.23. The quantitative estimate of drug-likeness (QED) is 0.760. The van der Waals surface area contributed by atoms with E-state index < -0.39 is 0 Å². The lowest BCUT2D eigenvalue weighted by molar-refractivity contribution is 0.572. The van der Waals surface area contributed by atoms with Gasteiger partial charge in [-0.15, -0.1) is 0 Å². The lowest BCUT2D eigenvalue weighted by Crippen LogP contribution is -2.18. The minimum Gasteiger partial charge on any atom is -0.306 e. The van der Waals surface area contributed by atoms with Crippen LogP contribution in [0.4, 0.5) is 0 Å². The summed E-state index contributed by atoms with van der Waals surface area (Å²) in [4.78, 5) is 0. The molecule has 1 atom stereocenters. The molecule has 0 fully saturated rings. The number of aryl methyl sites for hydroxylation is 1. The summed E-state index contributed by atoms with van der Waals surface area (Å²) in [5.74, 6) is 0. The normalized spacial score (nSPS) is 12.3. The highest BCUT2D eigenvalue weighted by atomic mass is 15.3. The van der Waals surface area contributed by atoms with Gasteiger partial charge in [0.2, 0.25) is 0 Å². The standard InChI is InChI=1S/C20H23N3/c1-15(18-10-6-4-7-11-18)21-14-20-16(2)22-23(17(20)3)19-12-8-5-9-13-19/h4-13,15,21H,14H2,1-3H3/t15-/m1/s1. The molecule has 3 rings (SSSR count). The first-order valence-electron chi connectivity index (χ1n) is 8.05. The van der Waals surface area contributed by atoms with Gasteiger partial charge in [-0.3, -0.25) is 0 Å². The molecule has 3 nitrogen and oxygen atoms in total. The molecule has 3 aromatic rings. The molecule has 3 heteroatoms. The van der Waals surface area contributed by atoms with Crippen molar-refractivity contribution in [2.75, 3.05) is 0 Å². The maximum Gasteiger partial charge on any atom is 0.0648 e. The lowest BCUT2D eigenvalue weighted by atomic mass is 10.1. The van der Waals surface area contributed by atoms with Gasteiger partial charge in [-0.2, -0.15) is 5.10 Å². The summed E-state index contributed by atoms with van der Waals surface area (Å²) < 4.78 is 2.03. The van der Waals surface area contributed by atoms with Crippen molar-refractivity contribution in [1.29, 1.82) is 0 Å². The van der Waals surface area contributed by atoms with Crippen molar-refractivity contribution in [3.8, 4) is 5.69 Å². The van der Waals surface area contributed by atoms with E-state index >= 15 is 0 Å². The first-order chi connectivity index (χ1) is 11.2. The second-order valence-corrected chi connectivity index (χ2v) is 5.91. The molecule has 0 unspecified atom stereocenters. The van der Waals surface area contributed by atoms with Crippen LogP contribution >= 0.6 is 0 Å². The summed E-state index contributed by atoms with van der Waals surface area (Å²) in [5, 5.41) is 8.32. The fourth-order valence-corrected chi connectivity index (χ4v) is 2.87. The van der Waals surface area contributed by atoms with Gasteiger partial charge in [-0.25, -0.2) is 4.68 Å². The average Bonchev–Trinajstić information content (AvgIpc) is 2.88. The number of nitrogens with one attached hydrogen (secondary N) is 1. The van der Waals surface area contributed by atoms with Crippen LogP contribution in [-0.2, 0) is 6.54 Å². The second-order valence-electron chi connectivity index (χ2n) is 5.91. The molecule has 0 saturated carbocycles. The van der Waals surface area contributed by atoms with E-state index in [4.69, 9.17) is 5.10 Å². The third-order valence-electron chi connectivity index (χ3n) is 4.33. The van der Waals surface area contributed by atoms with Gasteiger partial charge in [0.05, 0.1) is 11.4 Å². The summed E-state index contributed by atoms with van der Waals surface area (Å²) >= 11 is 0. The Kier molecular flexibility index (Phi) is 4.58. The Bertz CT molecular complexity index is 760. The molecular weight excluding hydrogens is 282 g/mol. The third kappa shape index (κ3) is 3.35. The van der Waals surface area contributed by atoms with E-state index in [2.05, 4.69) is 68.6 Å². The Labute approximate surface area is 138 Å². The Hall–Kier alpha value is -2.39. The van der Waals surface area contributed by atoms with Crippen LogP contribution in [0.15, 0.2) is 60.7 Å². The van der Waals surface area contributed by atoms with Crippen LogP contribution in [0.2, 0.25) is 0 Å². The van der Waals surface area contributed by atoms with Crippen LogP contribution in [0.1, 0.15) is 35.5 Å². The van der Waals surface area contributed by atoms with Gasteiger partial charge >= 0.3 is 0 Å². The summed E-state index contributed by atoms with van der Waals surface area (Å²) in [5.41, 5.74) is 5.96. The number of benzene rings is 2. The fraction of sp³-hybridized carbons (Fsp3) is 0.250. The number of para-hydroxylation sites is 1. The number of rotatable bonds is 5. The highest BCUT2D eigenvalue weighted by Gasteiger charge is 2.13. The van der Waals surface area contributed by atoms with Crippen LogP contribution in [0.5, 0.6) is 0 Å². The fourth-order valence-electron chi connectivity index (χ4n) is 2.87. The van der Waals surface area contributed by atoms with Gasteiger partial charge in [-0.05, 0) is 38.5 Å². The highest BCUT2D eigenvalue weighted by Crippen LogP contribution is 2.19. The second kappa shape index (κ2) is 6.80. The van der Waals surface area contributed by atoms with E-state index in [9.17, 15) is 0 Å². The Morgan fingerprint density at radius 3 is 2.22 bits per heavy atom. The third-order valence-corrected chi connectivity index (χ3v) is 4.33. The van der Waals surface area contributed by atoms with E-state index in [1.807, 2.05) is 22.9 Å². The molecule has 0 amide bonds. The predicted octanol–water partition coefficient (Wildman–Crippen LogP) is 4.34. The Balaban J connectivity index is 1.78. The number of aromatic nitrogens is 2. The van der Waals surface area contributed by atoms with E-state index in [0.717, 1.165) is 17.9 Å². The Morgan fingerprint density at radius 2 is 1.57 bits per heavy atom. The van der Waals surface area contributed by atoms with Crippen molar-refractivity contribution in [3.63, 3.8) is 0 Å². The molecule has 1 N–H and O–H groups in total. The van der Waals surface area contributed by atoms with Gasteiger partial charge in [0.15, 0.2) is 0 Å². The van der Waals surface area contributed by atoms with Crippen LogP contribution in [0.25, 0.3) is 5.69 Å². The highest BCUT2D eigenvalue weighted by molar-refractivity contribution is 5.37. The van der Waals surface area contributed by atoms with Crippen molar-refractivity contribution < 1.29 is 0 Å². The average molecular weight is 305 g/mol. The van der Waals surface area contributed by atoms with Crippen molar-refractivity contribution >= 4 is 0 Å². The van der Waals surface area contributed by atoms with Crippen molar-refractivity contribution in [2.45, 2.75) is 33.4 Å². The number of nitrogens with zero attached hydrogens (tertiary/aromatic N) is 2. The first-order valence-corrected chi connectivity index (χ1v) is 8.05. The summed E-state index contributed by atoms with van der Waals surface area (Å²) in [6, 6.07) is 21.1. The van der Waals surface area contributed by atoms with Crippen LogP contribution in [-0.4, -0.2) is 9.78 Å². The predicted molar refractivity (Wildman–Crippen MR) is 94.7 cm³/mol. The van der Waals surface area contributed by atoms with Crippen molar-refractivity contribution in [1.82, 2.24) is 15.1 Å². The Morgan fingerprint density at radius 1 is 0.957 bits per heavy atom. The maximum atomic E-state index is 4.71. The number of hydrogen-bond acceptors (Lipinski definition) is 2. The molecule has 2 aromatic carbocycles. The van der Waals surface area contributed by atoms with E-state index in [1.54, 1.807) is 0 Å². The molecule has 0 saturated heterocycles. The lowest BCUT2D eigenvalue weighted by Gasteiger charge is -2.14. The molecule has 0 aliphatic rings. The van der Waals surface area contributed by atoms with E-state index in [0.29, 0.717) is 6.04 Å². The smallest absolute Gasteiger partial charge is 0.0648 e. The maximum absolute atomic E-state index is 4.71. The van der Waals surface area contributed by atoms with Crippen LogP contribution < -0.4 is 5.32 Å². The molecule has 0 bridgehead atoms. The molecule has 0 spiro atoms. The van der Waals surface area contributed by atoms with Crippen LogP contribution in [0, 0.1) is 13.8 Å². The molecule has 1 aromatic heterocycles. The van der Waals surface area contributed by atoms with Crippen LogP contribution in [0.3, 0.4) is 0 Å². The molecule has 1 heterocycles. The minimum atomic E-state index is 0.315. The monoisotopic (exact) mass is 305 g/mol. The zero-order chi connectivity index (χ0) is 16.2. The zero-order valence-electron chi connectivity index (χ0n) is 14.0. The molecular formula is C20H23N3. The van der Waals surface area contributed by atoms with E-state index in [1.165, 1.54) is 16.8 Å². The van der Waals surface area contributed by atoms with E-state index in [-0.39, 0.29) is 0 Å². The SMILES string of the molecule is Cc1nn(-c2ccccc2)c(C)c1CN[C@H](C)c1ccccc1. The van der Waals surface area contributed by atoms with Gasteiger partial charge in [-0.1, -0.05) is 48.5 Å². The summed E-state index contributed by atoms with van der Waals surface area (Å²) in [7, 11) is 0. The minimum absolute atomic E-state index is 0.315. The van der Waals surface area contributed by atoms with Crippen molar-refractivity contribution in [2.24, 2.45) is 0 Å². The molecule has 0 aliphatic carbocycles. The topological polar surface area (TPSA) is 29.9 Å². The molecule has 0 aliphatic heterocycles. The van der Waals surface area contributed by atoms with Crippen molar-refractivity contribution in [3.05, 3.63) is 83.2 Å².